The maximum atomic E-state index is 5.42. The third-order valence-corrected chi connectivity index (χ3v) is 2.88. The maximum Gasteiger partial charge on any atom is 0.668 e. The van der Waals surface area contributed by atoms with Gasteiger partial charge in [0, 0.05) is 19.3 Å². The molecule has 2 atom stereocenters. The van der Waals surface area contributed by atoms with Crippen molar-refractivity contribution in [2.45, 2.75) is 52.7 Å². The van der Waals surface area contributed by atoms with Crippen LogP contribution in [0.1, 0.15) is 40.5 Å². The summed E-state index contributed by atoms with van der Waals surface area (Å²) in [6.45, 7) is 8.39. The van der Waals surface area contributed by atoms with Gasteiger partial charge in [0.25, 0.3) is 0 Å². The minimum atomic E-state index is -0.250. The summed E-state index contributed by atoms with van der Waals surface area (Å²) < 4.78 is 15.2. The lowest BCUT2D eigenvalue weighted by Crippen LogP contribution is -2.17. The van der Waals surface area contributed by atoms with E-state index in [2.05, 4.69) is 31.5 Å². The standard InChI is InChI=1S/2C4H9O.CH3O.2Al.2H/c2*1-3-4(2)5;1-2;;;;/h2*4H,3H2,1-2H3;1H3;;;;/q3*-1;+1;+2;;. The quantitative estimate of drug-likeness (QED) is 0.648. The van der Waals surface area contributed by atoms with Crippen molar-refractivity contribution in [3.8, 4) is 0 Å². The van der Waals surface area contributed by atoms with Crippen LogP contribution in [0.4, 0.5) is 0 Å². The Bertz CT molecular complexity index is 94.1. The van der Waals surface area contributed by atoms with Crippen LogP contribution in [0.5, 0.6) is 0 Å². The molecular weight excluding hydrogens is 210 g/mol. The van der Waals surface area contributed by atoms with Gasteiger partial charge in [0.2, 0.25) is 0 Å². The van der Waals surface area contributed by atoms with E-state index in [1.807, 2.05) is 0 Å². The number of hydrogen-bond donors (Lipinski definition) is 0. The monoisotopic (exact) mass is 233 g/mol. The van der Waals surface area contributed by atoms with E-state index in [0.717, 1.165) is 29.5 Å². The molecule has 0 rings (SSSR count). The first kappa shape index (κ1) is 17.3. The minimum Gasteiger partial charge on any atom is -0.508 e. The highest BCUT2D eigenvalue weighted by Gasteiger charge is 2.06. The molecule has 14 heavy (non-hydrogen) atoms. The fourth-order valence-electron chi connectivity index (χ4n) is 0.414. The number of hydrogen-bond acceptors (Lipinski definition) is 3. The Morgan fingerprint density at radius 1 is 1.07 bits per heavy atom. The van der Waals surface area contributed by atoms with Gasteiger partial charge in [0.15, 0.2) is 0 Å². The molecule has 5 heteroatoms. The van der Waals surface area contributed by atoms with Crippen LogP contribution in [0, 0.1) is 0 Å². The molecule has 0 fully saturated rings. The average Bonchev–Trinajstić information content (AvgIpc) is 2.18. The summed E-state index contributed by atoms with van der Waals surface area (Å²) in [7, 11) is 1.69. The summed E-state index contributed by atoms with van der Waals surface area (Å²) in [5, 5.41) is 0. The second-order valence-corrected chi connectivity index (χ2v) is 4.77. The van der Waals surface area contributed by atoms with Crippen molar-refractivity contribution >= 4 is 32.5 Å². The first-order valence-corrected chi connectivity index (χ1v) is 6.90. The predicted octanol–water partition coefficient (Wildman–Crippen LogP) is 1.33. The minimum absolute atomic E-state index is 0.250. The summed E-state index contributed by atoms with van der Waals surface area (Å²) in [6.07, 6.45) is 2.84. The van der Waals surface area contributed by atoms with Crippen LogP contribution >= 0.6 is 0 Å². The molecule has 0 aliphatic heterocycles. The maximum absolute atomic E-state index is 5.42. The molecule has 0 heterocycles. The highest BCUT2D eigenvalue weighted by atomic mass is 27.2. The fraction of sp³-hybridized carbons (Fsp3) is 1.00. The summed E-state index contributed by atoms with van der Waals surface area (Å²) in [5.41, 5.74) is 0. The van der Waals surface area contributed by atoms with Gasteiger partial charge >= 0.3 is 32.5 Å². The molecule has 1 radical (unpaired) electrons. The summed E-state index contributed by atoms with van der Waals surface area (Å²) >= 11 is 0.619. The molecule has 0 aromatic carbocycles. The molecule has 0 aliphatic carbocycles. The van der Waals surface area contributed by atoms with E-state index < -0.39 is 0 Å². The van der Waals surface area contributed by atoms with Gasteiger partial charge in [0.1, 0.15) is 0 Å². The van der Waals surface area contributed by atoms with E-state index in [4.69, 9.17) is 7.58 Å². The van der Waals surface area contributed by atoms with Gasteiger partial charge in [-0.3, -0.25) is 0 Å². The molecule has 0 amide bonds. The van der Waals surface area contributed by atoms with Crippen molar-refractivity contribution in [3.05, 3.63) is 0 Å². The zero-order chi connectivity index (χ0) is 11.4. The highest BCUT2D eigenvalue weighted by Crippen LogP contribution is 1.98. The zero-order valence-corrected chi connectivity index (χ0v) is 13.5. The lowest BCUT2D eigenvalue weighted by Gasteiger charge is -2.13. The van der Waals surface area contributed by atoms with Crippen molar-refractivity contribution < 1.29 is 11.4 Å². The van der Waals surface area contributed by atoms with Crippen LogP contribution < -0.4 is 0 Å². The first-order chi connectivity index (χ1) is 6.62. The molecule has 0 bridgehead atoms. The smallest absolute Gasteiger partial charge is 0.508 e. The Balaban J connectivity index is 0. The Hall–Kier alpha value is 0.945. The predicted molar refractivity (Wildman–Crippen MR) is 63.0 cm³/mol. The summed E-state index contributed by atoms with van der Waals surface area (Å²) in [4.78, 5) is 0. The van der Waals surface area contributed by atoms with Crippen LogP contribution in [0.15, 0.2) is 0 Å². The molecule has 3 nitrogen and oxygen atoms in total. The first-order valence-electron chi connectivity index (χ1n) is 5.14. The average molecular weight is 233 g/mol. The van der Waals surface area contributed by atoms with Crippen LogP contribution in [0.3, 0.4) is 0 Å². The van der Waals surface area contributed by atoms with Gasteiger partial charge in [-0.1, -0.05) is 13.8 Å². The lowest BCUT2D eigenvalue weighted by atomic mass is 10.3. The Labute approximate surface area is 104 Å². The molecule has 0 aliphatic rings. The molecule has 83 valence electrons. The molecule has 0 saturated heterocycles. The largest absolute Gasteiger partial charge is 0.668 e. The van der Waals surface area contributed by atoms with Crippen molar-refractivity contribution in [2.75, 3.05) is 7.11 Å². The third-order valence-electron chi connectivity index (χ3n) is 1.73. The van der Waals surface area contributed by atoms with Gasteiger partial charge in [-0.25, -0.2) is 0 Å². The van der Waals surface area contributed by atoms with E-state index in [1.165, 1.54) is 0 Å². The topological polar surface area (TPSA) is 27.7 Å². The Kier molecular flexibility index (Phi) is 17.3. The van der Waals surface area contributed by atoms with E-state index >= 15 is 0 Å². The Morgan fingerprint density at radius 3 is 1.57 bits per heavy atom. The van der Waals surface area contributed by atoms with Gasteiger partial charge in [-0.15, -0.1) is 0 Å². The van der Waals surface area contributed by atoms with E-state index in [-0.39, 0.29) is 15.9 Å². The van der Waals surface area contributed by atoms with Crippen LogP contribution in [0.25, 0.3) is 0 Å². The van der Waals surface area contributed by atoms with Gasteiger partial charge in [-0.05, 0) is 26.7 Å². The van der Waals surface area contributed by atoms with Crippen molar-refractivity contribution in [1.29, 1.82) is 0 Å². The molecule has 0 spiro atoms. The van der Waals surface area contributed by atoms with Gasteiger partial charge in [0.05, 0.1) is 0 Å². The molecule has 2 unspecified atom stereocenters. The molecule has 0 aromatic heterocycles. The van der Waals surface area contributed by atoms with Gasteiger partial charge < -0.3 is 11.4 Å². The van der Waals surface area contributed by atoms with Crippen molar-refractivity contribution in [2.24, 2.45) is 0 Å². The van der Waals surface area contributed by atoms with Crippen LogP contribution in [0.2, 0.25) is 0 Å². The summed E-state index contributed by atoms with van der Waals surface area (Å²) in [5.74, 6) is 0. The highest BCUT2D eigenvalue weighted by molar-refractivity contribution is 6.18. The lowest BCUT2D eigenvalue weighted by molar-refractivity contribution is 0.131. The second-order valence-electron chi connectivity index (χ2n) is 3.21. The third kappa shape index (κ3) is 15.4. The molecule has 0 aromatic rings. The fourth-order valence-corrected chi connectivity index (χ4v) is 1.24. The van der Waals surface area contributed by atoms with E-state index in [0.29, 0.717) is 12.2 Å². The van der Waals surface area contributed by atoms with Gasteiger partial charge in [-0.2, -0.15) is 0 Å². The van der Waals surface area contributed by atoms with Crippen LogP contribution in [-0.4, -0.2) is 51.8 Å². The number of rotatable bonds is 6. The summed E-state index contributed by atoms with van der Waals surface area (Å²) in [6, 6.07) is 0. The molecular formula is C9H23Al2O3. The van der Waals surface area contributed by atoms with E-state index in [1.54, 1.807) is 7.11 Å². The molecule has 0 N–H and O–H groups in total. The second kappa shape index (κ2) is 13.9. The van der Waals surface area contributed by atoms with Crippen LogP contribution in [-0.2, 0) is 11.4 Å². The molecule has 0 saturated carbocycles. The Morgan fingerprint density at radius 2 is 1.36 bits per heavy atom. The van der Waals surface area contributed by atoms with E-state index in [9.17, 15) is 0 Å². The normalized spacial score (nSPS) is 13.8. The van der Waals surface area contributed by atoms with Crippen molar-refractivity contribution in [3.63, 3.8) is 0 Å². The zero-order valence-electron chi connectivity index (χ0n) is 10.4. The SMILES string of the molecule is CCC(C)[O][Al][O]C(C)CC.C[O][AlH2]. The van der Waals surface area contributed by atoms with Crippen molar-refractivity contribution in [1.82, 2.24) is 0 Å².